The third-order valence-electron chi connectivity index (χ3n) is 5.88. The largest absolute Gasteiger partial charge is 0.361 e. The fourth-order valence-electron chi connectivity index (χ4n) is 3.92. The number of hydrogen-bond donors (Lipinski definition) is 3. The van der Waals surface area contributed by atoms with Crippen LogP contribution < -0.4 is 16.2 Å². The number of hydrogen-bond acceptors (Lipinski definition) is 7. The molecule has 1 fully saturated rings. The Morgan fingerprint density at radius 1 is 1.16 bits per heavy atom. The smallest absolute Gasteiger partial charge is 0.294 e. The molecule has 1 saturated heterocycles. The van der Waals surface area contributed by atoms with Gasteiger partial charge in [-0.05, 0) is 24.1 Å². The number of rotatable bonds is 7. The zero-order valence-corrected chi connectivity index (χ0v) is 22.2. The van der Waals surface area contributed by atoms with Crippen LogP contribution >= 0.6 is 11.6 Å². The van der Waals surface area contributed by atoms with E-state index in [1.807, 2.05) is 48.5 Å². The number of aromatic amines is 1. The summed E-state index contributed by atoms with van der Waals surface area (Å²) in [7, 11) is -3.30. The number of fused-ring (bicyclic) bond motifs is 1. The Kier molecular flexibility index (Phi) is 8.77. The van der Waals surface area contributed by atoms with Gasteiger partial charge in [0, 0.05) is 43.5 Å². The number of sulfonamides is 1. The van der Waals surface area contributed by atoms with Crippen LogP contribution in [0, 0.1) is 0 Å². The molecule has 13 heteroatoms. The van der Waals surface area contributed by atoms with Gasteiger partial charge in [-0.3, -0.25) is 14.2 Å². The molecule has 1 atom stereocenters. The second-order valence-electron chi connectivity index (χ2n) is 8.76. The van der Waals surface area contributed by atoms with E-state index in [0.717, 1.165) is 27.4 Å². The molecule has 200 valence electrons. The number of carbonyl (C=O) groups excluding carboxylic acids is 1. The number of nitrogens with one attached hydrogen (secondary N) is 3. The topological polar surface area (TPSA) is 142 Å². The van der Waals surface area contributed by atoms with E-state index in [9.17, 15) is 18.0 Å². The van der Waals surface area contributed by atoms with E-state index in [1.165, 1.54) is 10.5 Å². The molecular weight excluding hydrogens is 530 g/mol. The van der Waals surface area contributed by atoms with Crippen molar-refractivity contribution in [2.75, 3.05) is 24.7 Å². The summed E-state index contributed by atoms with van der Waals surface area (Å²) in [6, 6.07) is 15.5. The van der Waals surface area contributed by atoms with Crippen LogP contribution in [-0.4, -0.2) is 63.5 Å². The van der Waals surface area contributed by atoms with Gasteiger partial charge in [-0.2, -0.15) is 0 Å². The van der Waals surface area contributed by atoms with Crippen molar-refractivity contribution in [3.63, 3.8) is 0 Å². The van der Waals surface area contributed by atoms with Gasteiger partial charge in [-0.15, -0.1) is 0 Å². The standard InChI is InChI=1S/C19H22ClN7O4S.C6H6/c1-32(30,31)26-5-3-14(10-26)25-18-19(29)27(15(20)9-24-18)11-16(28)22-7-12-6-13-2-4-21-17(13)23-8-12;1-2-4-6-5-3-1/h2,4,6,8-9,14H,3,5,7,10-11H2,1H3,(H,21,23)(H,22,28)(H,24,25);1-6H/t14-;/m0./s1. The first-order valence-electron chi connectivity index (χ1n) is 11.9. The highest BCUT2D eigenvalue weighted by Gasteiger charge is 2.29. The van der Waals surface area contributed by atoms with Crippen LogP contribution in [0.25, 0.3) is 11.0 Å². The Balaban J connectivity index is 0.000000494. The number of H-pyrrole nitrogens is 1. The average Bonchev–Trinajstić information content (AvgIpc) is 3.58. The molecule has 1 aromatic carbocycles. The van der Waals surface area contributed by atoms with Gasteiger partial charge in [-0.25, -0.2) is 22.7 Å². The summed E-state index contributed by atoms with van der Waals surface area (Å²) >= 11 is 6.11. The van der Waals surface area contributed by atoms with E-state index in [0.29, 0.717) is 13.0 Å². The Morgan fingerprint density at radius 2 is 1.87 bits per heavy atom. The van der Waals surface area contributed by atoms with Gasteiger partial charge in [-0.1, -0.05) is 48.0 Å². The number of halogens is 1. The van der Waals surface area contributed by atoms with Gasteiger partial charge in [0.2, 0.25) is 15.9 Å². The van der Waals surface area contributed by atoms with Crippen molar-refractivity contribution in [1.82, 2.24) is 29.1 Å². The predicted molar refractivity (Wildman–Crippen MR) is 146 cm³/mol. The molecule has 1 amide bonds. The Morgan fingerprint density at radius 3 is 2.53 bits per heavy atom. The summed E-state index contributed by atoms with van der Waals surface area (Å²) in [4.78, 5) is 36.6. The van der Waals surface area contributed by atoms with Gasteiger partial charge >= 0.3 is 0 Å². The van der Waals surface area contributed by atoms with Crippen molar-refractivity contribution in [3.8, 4) is 0 Å². The van der Waals surface area contributed by atoms with E-state index in [4.69, 9.17) is 11.6 Å². The van der Waals surface area contributed by atoms with Crippen LogP contribution in [0.1, 0.15) is 12.0 Å². The molecule has 0 bridgehead atoms. The minimum atomic E-state index is -3.30. The minimum Gasteiger partial charge on any atom is -0.361 e. The van der Waals surface area contributed by atoms with Gasteiger partial charge in [0.1, 0.15) is 17.3 Å². The average molecular weight is 558 g/mol. The zero-order valence-electron chi connectivity index (χ0n) is 20.7. The quantitative estimate of drug-likeness (QED) is 0.316. The van der Waals surface area contributed by atoms with Crippen molar-refractivity contribution in [1.29, 1.82) is 0 Å². The number of benzene rings is 1. The predicted octanol–water partition coefficient (Wildman–Crippen LogP) is 2.22. The number of carbonyl (C=O) groups is 1. The monoisotopic (exact) mass is 557 g/mol. The summed E-state index contributed by atoms with van der Waals surface area (Å²) in [6.07, 6.45) is 6.41. The van der Waals surface area contributed by atoms with Gasteiger partial charge < -0.3 is 15.6 Å². The van der Waals surface area contributed by atoms with Crippen molar-refractivity contribution in [2.45, 2.75) is 25.6 Å². The van der Waals surface area contributed by atoms with E-state index in [-0.39, 0.29) is 36.6 Å². The fourth-order valence-corrected chi connectivity index (χ4v) is 4.99. The highest BCUT2D eigenvalue weighted by Crippen LogP contribution is 2.16. The van der Waals surface area contributed by atoms with Crippen LogP contribution in [0.15, 0.2) is 71.9 Å². The van der Waals surface area contributed by atoms with E-state index in [1.54, 1.807) is 12.4 Å². The fraction of sp³-hybridized carbons (Fsp3) is 0.280. The molecule has 0 unspecified atom stereocenters. The van der Waals surface area contributed by atoms with Gasteiger partial charge in [0.15, 0.2) is 5.82 Å². The molecule has 3 N–H and O–H groups in total. The molecule has 0 saturated carbocycles. The maximum absolute atomic E-state index is 12.8. The summed E-state index contributed by atoms with van der Waals surface area (Å²) in [5, 5.41) is 6.68. The summed E-state index contributed by atoms with van der Waals surface area (Å²) < 4.78 is 25.8. The lowest BCUT2D eigenvalue weighted by molar-refractivity contribution is -0.121. The first-order valence-corrected chi connectivity index (χ1v) is 14.1. The zero-order chi connectivity index (χ0) is 27.1. The third kappa shape index (κ3) is 7.18. The van der Waals surface area contributed by atoms with Crippen LogP contribution in [0.4, 0.5) is 5.82 Å². The summed E-state index contributed by atoms with van der Waals surface area (Å²) in [6.45, 7) is 0.570. The molecule has 4 aromatic rings. The SMILES string of the molecule is CS(=O)(=O)N1CC[C@H](Nc2ncc(Cl)n(CC(=O)NCc3cnc4[nH]ccc4c3)c2=O)C1.c1ccccc1. The number of pyridine rings is 1. The van der Waals surface area contributed by atoms with Gasteiger partial charge in [0.25, 0.3) is 5.56 Å². The maximum Gasteiger partial charge on any atom is 0.294 e. The maximum atomic E-state index is 12.8. The van der Waals surface area contributed by atoms with Crippen LogP contribution in [0.5, 0.6) is 0 Å². The Labute approximate surface area is 224 Å². The molecule has 1 aliphatic rings. The molecular formula is C25H28ClN7O4S. The normalized spacial score (nSPS) is 15.6. The number of amides is 1. The molecule has 1 aliphatic heterocycles. The number of anilines is 1. The van der Waals surface area contributed by atoms with E-state index < -0.39 is 21.5 Å². The Bertz CT molecular complexity index is 1530. The van der Waals surface area contributed by atoms with Crippen molar-refractivity contribution in [2.24, 2.45) is 0 Å². The highest BCUT2D eigenvalue weighted by molar-refractivity contribution is 7.88. The molecule has 11 nitrogen and oxygen atoms in total. The second kappa shape index (κ2) is 12.2. The summed E-state index contributed by atoms with van der Waals surface area (Å²) in [5.41, 5.74) is 1.02. The van der Waals surface area contributed by atoms with Crippen molar-refractivity contribution >= 4 is 44.4 Å². The van der Waals surface area contributed by atoms with Crippen LogP contribution in [-0.2, 0) is 27.9 Å². The molecule has 4 heterocycles. The minimum absolute atomic E-state index is 0.0182. The van der Waals surface area contributed by atoms with Crippen LogP contribution in [0.3, 0.4) is 0 Å². The first-order chi connectivity index (χ1) is 18.2. The second-order valence-corrected chi connectivity index (χ2v) is 11.1. The molecule has 38 heavy (non-hydrogen) atoms. The molecule has 3 aromatic heterocycles. The molecule has 5 rings (SSSR count). The number of nitrogens with zero attached hydrogens (tertiary/aromatic N) is 4. The van der Waals surface area contributed by atoms with E-state index >= 15 is 0 Å². The number of aromatic nitrogens is 4. The lowest BCUT2D eigenvalue weighted by Crippen LogP contribution is -2.36. The lowest BCUT2D eigenvalue weighted by Gasteiger charge is -2.16. The van der Waals surface area contributed by atoms with Crippen LogP contribution in [0.2, 0.25) is 5.15 Å². The van der Waals surface area contributed by atoms with Gasteiger partial charge in [0.05, 0.1) is 12.5 Å². The molecule has 0 spiro atoms. The summed E-state index contributed by atoms with van der Waals surface area (Å²) in [5.74, 6) is -0.380. The molecule has 0 radical (unpaired) electrons. The Hall–Kier alpha value is -3.74. The van der Waals surface area contributed by atoms with Crippen molar-refractivity contribution in [3.05, 3.63) is 88.2 Å². The van der Waals surface area contributed by atoms with Crippen molar-refractivity contribution < 1.29 is 13.2 Å². The lowest BCUT2D eigenvalue weighted by atomic mass is 10.2. The highest BCUT2D eigenvalue weighted by atomic mass is 35.5. The molecule has 0 aliphatic carbocycles. The first kappa shape index (κ1) is 27.3. The van der Waals surface area contributed by atoms with E-state index in [2.05, 4.69) is 25.6 Å². The third-order valence-corrected chi connectivity index (χ3v) is 7.45.